The molecule has 0 spiro atoms. The molecule has 184 valence electrons. The van der Waals surface area contributed by atoms with Crippen LogP contribution in [0, 0.1) is 0 Å². The molecule has 0 radical (unpaired) electrons. The second-order valence-electron chi connectivity index (χ2n) is 7.41. The van der Waals surface area contributed by atoms with E-state index >= 15 is 0 Å². The number of rotatable bonds is 9. The second kappa shape index (κ2) is 11.6. The largest absolute Gasteiger partial charge is 0.417 e. The van der Waals surface area contributed by atoms with Crippen molar-refractivity contribution in [3.63, 3.8) is 0 Å². The summed E-state index contributed by atoms with van der Waals surface area (Å²) < 4.78 is 67.5. The van der Waals surface area contributed by atoms with E-state index in [0.717, 1.165) is 22.1 Å². The van der Waals surface area contributed by atoms with E-state index in [0.29, 0.717) is 10.9 Å². The van der Waals surface area contributed by atoms with Gasteiger partial charge in [0.1, 0.15) is 0 Å². The molecule has 3 aromatic carbocycles. The van der Waals surface area contributed by atoms with Crippen LogP contribution in [0.5, 0.6) is 0 Å². The molecule has 0 bridgehead atoms. The first kappa shape index (κ1) is 26.6. The summed E-state index contributed by atoms with van der Waals surface area (Å²) in [5.41, 5.74) is 1.87. The molecule has 3 aromatic rings. The summed E-state index contributed by atoms with van der Waals surface area (Å²) in [7, 11) is -4.04. The predicted molar refractivity (Wildman–Crippen MR) is 130 cm³/mol. The Morgan fingerprint density at radius 1 is 0.971 bits per heavy atom. The van der Waals surface area contributed by atoms with Crippen LogP contribution in [0.15, 0.2) is 93.3 Å². The van der Waals surface area contributed by atoms with E-state index in [4.69, 9.17) is 0 Å². The van der Waals surface area contributed by atoms with Gasteiger partial charge in [-0.25, -0.2) is 13.8 Å². The van der Waals surface area contributed by atoms with Gasteiger partial charge < -0.3 is 0 Å². The molecule has 0 atom stereocenters. The summed E-state index contributed by atoms with van der Waals surface area (Å²) in [5.74, 6) is -0.792. The Morgan fingerprint density at radius 2 is 1.60 bits per heavy atom. The molecule has 0 aliphatic carbocycles. The fourth-order valence-corrected chi connectivity index (χ4v) is 4.84. The average molecular weight is 568 g/mol. The van der Waals surface area contributed by atoms with Crippen molar-refractivity contribution in [2.75, 3.05) is 13.1 Å². The minimum atomic E-state index is -4.58. The molecule has 0 aliphatic rings. The molecule has 35 heavy (non-hydrogen) atoms. The summed E-state index contributed by atoms with van der Waals surface area (Å²) in [6, 6.07) is 19.9. The van der Waals surface area contributed by atoms with Crippen LogP contribution in [0.1, 0.15) is 16.7 Å². The van der Waals surface area contributed by atoms with Crippen molar-refractivity contribution in [2.24, 2.45) is 5.10 Å². The van der Waals surface area contributed by atoms with Gasteiger partial charge >= 0.3 is 6.18 Å². The van der Waals surface area contributed by atoms with Gasteiger partial charge in [-0.05, 0) is 42.3 Å². The molecule has 0 saturated heterocycles. The van der Waals surface area contributed by atoms with Gasteiger partial charge in [-0.1, -0.05) is 64.5 Å². The molecule has 0 fully saturated rings. The maximum Gasteiger partial charge on any atom is 0.417 e. The van der Waals surface area contributed by atoms with Crippen molar-refractivity contribution in [3.8, 4) is 0 Å². The van der Waals surface area contributed by atoms with Gasteiger partial charge in [0.2, 0.25) is 10.0 Å². The Labute approximate surface area is 209 Å². The number of nitrogens with zero attached hydrogens (tertiary/aromatic N) is 2. The lowest BCUT2D eigenvalue weighted by Crippen LogP contribution is -2.40. The van der Waals surface area contributed by atoms with Gasteiger partial charge in [-0.15, -0.1) is 0 Å². The lowest BCUT2D eigenvalue weighted by Gasteiger charge is -2.21. The molecule has 0 aliphatic heterocycles. The number of halogens is 4. The smallest absolute Gasteiger partial charge is 0.272 e. The minimum Gasteiger partial charge on any atom is -0.272 e. The average Bonchev–Trinajstić information content (AvgIpc) is 2.82. The number of hydrogen-bond donors (Lipinski definition) is 1. The molecule has 0 aromatic heterocycles. The molecule has 1 amide bonds. The fourth-order valence-electron chi connectivity index (χ4n) is 3.18. The van der Waals surface area contributed by atoms with Gasteiger partial charge in [-0.3, -0.25) is 4.79 Å². The quantitative estimate of drug-likeness (QED) is 0.296. The number of carbonyl (C=O) groups excluding carboxylic acids is 1. The van der Waals surface area contributed by atoms with E-state index in [-0.39, 0.29) is 17.0 Å². The summed E-state index contributed by atoms with van der Waals surface area (Å²) in [5, 5.41) is 3.60. The molecule has 1 N–H and O–H groups in total. The summed E-state index contributed by atoms with van der Waals surface area (Å²) in [6.07, 6.45) is -3.36. The van der Waals surface area contributed by atoms with Crippen LogP contribution in [0.4, 0.5) is 13.2 Å². The monoisotopic (exact) mass is 567 g/mol. The van der Waals surface area contributed by atoms with Crippen molar-refractivity contribution in [3.05, 3.63) is 100 Å². The van der Waals surface area contributed by atoms with Crippen LogP contribution in [0.25, 0.3) is 0 Å². The van der Waals surface area contributed by atoms with Crippen molar-refractivity contribution >= 4 is 38.1 Å². The van der Waals surface area contributed by atoms with Gasteiger partial charge in [0.05, 0.1) is 23.2 Å². The lowest BCUT2D eigenvalue weighted by molar-refractivity contribution is -0.137. The van der Waals surface area contributed by atoms with Crippen molar-refractivity contribution in [1.29, 1.82) is 0 Å². The highest BCUT2D eigenvalue weighted by Gasteiger charge is 2.32. The molecule has 0 heterocycles. The van der Waals surface area contributed by atoms with Crippen LogP contribution in [-0.4, -0.2) is 37.9 Å². The third-order valence-electron chi connectivity index (χ3n) is 4.92. The van der Waals surface area contributed by atoms with Crippen LogP contribution < -0.4 is 5.43 Å². The Balaban J connectivity index is 1.76. The Kier molecular flexibility index (Phi) is 8.82. The number of hydrazone groups is 1. The van der Waals surface area contributed by atoms with Crippen LogP contribution in [0.2, 0.25) is 0 Å². The normalized spacial score (nSPS) is 12.3. The van der Waals surface area contributed by atoms with Gasteiger partial charge in [-0.2, -0.15) is 22.6 Å². The summed E-state index contributed by atoms with van der Waals surface area (Å²) in [6.45, 7) is -0.556. The minimum absolute atomic E-state index is 0.00386. The number of benzene rings is 3. The standard InChI is InChI=1S/C24H21BrF3N3O3S/c25-20-10-12-21(13-11-20)35(33,34)31(15-14-18-6-2-1-3-7-18)17-23(32)30-29-16-19-8-4-5-9-22(19)24(26,27)28/h1-13,16H,14-15,17H2,(H,30,32)/b29-16+. The van der Waals surface area contributed by atoms with E-state index in [1.807, 2.05) is 30.3 Å². The lowest BCUT2D eigenvalue weighted by atomic mass is 10.1. The molecular formula is C24H21BrF3N3O3S. The summed E-state index contributed by atoms with van der Waals surface area (Å²) >= 11 is 3.26. The zero-order valence-electron chi connectivity index (χ0n) is 18.2. The molecule has 0 saturated carbocycles. The van der Waals surface area contributed by atoms with Crippen LogP contribution in [-0.2, 0) is 27.4 Å². The SMILES string of the molecule is O=C(CN(CCc1ccccc1)S(=O)(=O)c1ccc(Br)cc1)N/N=C/c1ccccc1C(F)(F)F. The number of amides is 1. The topological polar surface area (TPSA) is 78.8 Å². The van der Waals surface area contributed by atoms with E-state index in [1.54, 1.807) is 12.1 Å². The molecule has 3 rings (SSSR count). The summed E-state index contributed by atoms with van der Waals surface area (Å²) in [4.78, 5) is 12.5. The molecule has 0 unspecified atom stereocenters. The zero-order valence-corrected chi connectivity index (χ0v) is 20.6. The number of hydrogen-bond acceptors (Lipinski definition) is 4. The number of alkyl halides is 3. The van der Waals surface area contributed by atoms with Crippen molar-refractivity contribution < 1.29 is 26.4 Å². The fraction of sp³-hybridized carbons (Fsp3) is 0.167. The third-order valence-corrected chi connectivity index (χ3v) is 7.31. The van der Waals surface area contributed by atoms with Crippen LogP contribution in [0.3, 0.4) is 0 Å². The number of sulfonamides is 1. The first-order valence-corrected chi connectivity index (χ1v) is 12.6. The molecule has 6 nitrogen and oxygen atoms in total. The van der Waals surface area contributed by atoms with E-state index in [2.05, 4.69) is 26.5 Å². The maximum absolute atomic E-state index is 13.2. The molecular weight excluding hydrogens is 547 g/mol. The highest BCUT2D eigenvalue weighted by Crippen LogP contribution is 2.31. The number of nitrogens with one attached hydrogen (secondary N) is 1. The molecule has 11 heteroatoms. The Bertz CT molecular complexity index is 1280. The van der Waals surface area contributed by atoms with Crippen molar-refractivity contribution in [2.45, 2.75) is 17.5 Å². The second-order valence-corrected chi connectivity index (χ2v) is 10.3. The van der Waals surface area contributed by atoms with Crippen molar-refractivity contribution in [1.82, 2.24) is 9.73 Å². The predicted octanol–water partition coefficient (Wildman–Crippen LogP) is 4.85. The van der Waals surface area contributed by atoms with E-state index < -0.39 is 34.2 Å². The third kappa shape index (κ3) is 7.48. The first-order valence-electron chi connectivity index (χ1n) is 10.3. The zero-order chi connectivity index (χ0) is 25.5. The Hall–Kier alpha value is -3.02. The van der Waals surface area contributed by atoms with E-state index in [1.165, 1.54) is 30.3 Å². The number of carbonyl (C=O) groups is 1. The first-order chi connectivity index (χ1) is 16.6. The van der Waals surface area contributed by atoms with Crippen LogP contribution >= 0.6 is 15.9 Å². The highest BCUT2D eigenvalue weighted by molar-refractivity contribution is 9.10. The highest BCUT2D eigenvalue weighted by atomic mass is 79.9. The maximum atomic E-state index is 13.2. The van der Waals surface area contributed by atoms with E-state index in [9.17, 15) is 26.4 Å². The Morgan fingerprint density at radius 3 is 2.26 bits per heavy atom. The van der Waals surface area contributed by atoms with Gasteiger partial charge in [0, 0.05) is 16.6 Å². The van der Waals surface area contributed by atoms with Gasteiger partial charge in [0.15, 0.2) is 0 Å². The van der Waals surface area contributed by atoms with Gasteiger partial charge in [0.25, 0.3) is 5.91 Å².